The van der Waals surface area contributed by atoms with Crippen LogP contribution in [0.3, 0.4) is 0 Å². The standard InChI is InChI=1S/C23H25N7O/c1-15-11-27-30-21(15)28-20-7-9-25-8-6-19(20)23(30)29-13-18(14-29)22(31)26-12-17-4-2-16(10-24)3-5-17/h2-5,11,18,25H,6-9,12-14H2,1H3,(H,26,31). The SMILES string of the molecule is Cc1cnn2c(N3CC(C(=O)NCc4ccc(C#N)cc4)C3)c3c(nc12)CCNCC3. The zero-order valence-electron chi connectivity index (χ0n) is 17.6. The van der Waals surface area contributed by atoms with Gasteiger partial charge in [0.1, 0.15) is 5.82 Å². The van der Waals surface area contributed by atoms with Crippen LogP contribution in [-0.2, 0) is 24.2 Å². The highest BCUT2D eigenvalue weighted by Gasteiger charge is 2.36. The van der Waals surface area contributed by atoms with Gasteiger partial charge in [0.15, 0.2) is 5.65 Å². The van der Waals surface area contributed by atoms with E-state index in [4.69, 9.17) is 10.2 Å². The summed E-state index contributed by atoms with van der Waals surface area (Å²) in [6.07, 6.45) is 3.69. The molecule has 158 valence electrons. The van der Waals surface area contributed by atoms with E-state index in [9.17, 15) is 4.79 Å². The molecule has 0 aliphatic carbocycles. The van der Waals surface area contributed by atoms with Crippen LogP contribution >= 0.6 is 0 Å². The Morgan fingerprint density at radius 3 is 2.81 bits per heavy atom. The molecule has 1 saturated heterocycles. The number of benzene rings is 1. The van der Waals surface area contributed by atoms with Gasteiger partial charge in [0.2, 0.25) is 5.91 Å². The quantitative estimate of drug-likeness (QED) is 0.668. The van der Waals surface area contributed by atoms with Crippen LogP contribution in [0.4, 0.5) is 5.82 Å². The van der Waals surface area contributed by atoms with Crippen LogP contribution in [0.15, 0.2) is 30.5 Å². The molecule has 1 amide bonds. The molecular formula is C23H25N7O. The van der Waals surface area contributed by atoms with E-state index < -0.39 is 0 Å². The molecule has 0 atom stereocenters. The number of aromatic nitrogens is 3. The van der Waals surface area contributed by atoms with Crippen molar-refractivity contribution in [2.45, 2.75) is 26.3 Å². The molecule has 1 fully saturated rings. The summed E-state index contributed by atoms with van der Waals surface area (Å²) in [6.45, 7) is 5.73. The summed E-state index contributed by atoms with van der Waals surface area (Å²) in [5, 5.41) is 20.0. The van der Waals surface area contributed by atoms with Crippen LogP contribution in [0.5, 0.6) is 0 Å². The second kappa shape index (κ2) is 8.00. The van der Waals surface area contributed by atoms with Crippen LogP contribution in [0.25, 0.3) is 5.65 Å². The fourth-order valence-corrected chi connectivity index (χ4v) is 4.35. The number of aryl methyl sites for hydroxylation is 1. The van der Waals surface area contributed by atoms with E-state index in [0.29, 0.717) is 25.2 Å². The van der Waals surface area contributed by atoms with Gasteiger partial charge in [0.05, 0.1) is 29.4 Å². The highest BCUT2D eigenvalue weighted by atomic mass is 16.2. The zero-order valence-corrected chi connectivity index (χ0v) is 17.6. The lowest BCUT2D eigenvalue weighted by atomic mass is 9.97. The Bertz CT molecular complexity index is 1170. The molecular weight excluding hydrogens is 390 g/mol. The summed E-state index contributed by atoms with van der Waals surface area (Å²) in [5.74, 6) is 1.11. The Morgan fingerprint density at radius 1 is 1.26 bits per heavy atom. The number of hydrogen-bond donors (Lipinski definition) is 2. The Hall–Kier alpha value is -3.44. The number of hydrogen-bond acceptors (Lipinski definition) is 6. The number of nitriles is 1. The Balaban J connectivity index is 1.30. The summed E-state index contributed by atoms with van der Waals surface area (Å²) in [4.78, 5) is 19.8. The Kier molecular flexibility index (Phi) is 5.04. The minimum Gasteiger partial charge on any atom is -0.354 e. The van der Waals surface area contributed by atoms with Gasteiger partial charge in [-0.1, -0.05) is 12.1 Å². The molecule has 2 aliphatic rings. The summed E-state index contributed by atoms with van der Waals surface area (Å²) in [6, 6.07) is 9.41. The van der Waals surface area contributed by atoms with E-state index in [-0.39, 0.29) is 11.8 Å². The Morgan fingerprint density at radius 2 is 2.03 bits per heavy atom. The monoisotopic (exact) mass is 415 g/mol. The molecule has 2 aliphatic heterocycles. The van der Waals surface area contributed by atoms with E-state index in [1.165, 1.54) is 5.56 Å². The zero-order chi connectivity index (χ0) is 21.4. The summed E-state index contributed by atoms with van der Waals surface area (Å²) in [5.41, 5.74) is 5.98. The van der Waals surface area contributed by atoms with Gasteiger partial charge in [0.25, 0.3) is 0 Å². The second-order valence-electron chi connectivity index (χ2n) is 8.30. The average molecular weight is 416 g/mol. The van der Waals surface area contributed by atoms with Crippen LogP contribution in [-0.4, -0.2) is 46.7 Å². The van der Waals surface area contributed by atoms with Gasteiger partial charge in [-0.05, 0) is 37.6 Å². The number of amides is 1. The number of anilines is 1. The van der Waals surface area contributed by atoms with Crippen LogP contribution in [0.1, 0.15) is 27.9 Å². The van der Waals surface area contributed by atoms with Crippen molar-refractivity contribution in [3.8, 4) is 6.07 Å². The minimum absolute atomic E-state index is 0.0437. The number of carbonyl (C=O) groups is 1. The normalized spacial score (nSPS) is 16.3. The van der Waals surface area contributed by atoms with Gasteiger partial charge in [-0.25, -0.2) is 4.98 Å². The molecule has 0 radical (unpaired) electrons. The third-order valence-corrected chi connectivity index (χ3v) is 6.17. The lowest BCUT2D eigenvalue weighted by molar-refractivity contribution is -0.125. The number of nitrogens with zero attached hydrogens (tertiary/aromatic N) is 5. The molecule has 8 heteroatoms. The van der Waals surface area contributed by atoms with Crippen molar-refractivity contribution in [3.63, 3.8) is 0 Å². The van der Waals surface area contributed by atoms with Crippen molar-refractivity contribution in [1.29, 1.82) is 5.26 Å². The van der Waals surface area contributed by atoms with Gasteiger partial charge < -0.3 is 15.5 Å². The first kappa shape index (κ1) is 19.5. The van der Waals surface area contributed by atoms with E-state index in [2.05, 4.69) is 26.7 Å². The topological polar surface area (TPSA) is 98.4 Å². The maximum Gasteiger partial charge on any atom is 0.226 e. The van der Waals surface area contributed by atoms with E-state index >= 15 is 0 Å². The Labute approximate surface area is 180 Å². The lowest BCUT2D eigenvalue weighted by Crippen LogP contribution is -2.54. The highest BCUT2D eigenvalue weighted by molar-refractivity contribution is 5.82. The van der Waals surface area contributed by atoms with Crippen molar-refractivity contribution in [2.24, 2.45) is 5.92 Å². The third-order valence-electron chi connectivity index (χ3n) is 6.17. The van der Waals surface area contributed by atoms with Gasteiger partial charge in [-0.2, -0.15) is 14.9 Å². The summed E-state index contributed by atoms with van der Waals surface area (Å²) < 4.78 is 1.95. The minimum atomic E-state index is -0.0437. The second-order valence-corrected chi connectivity index (χ2v) is 8.30. The number of rotatable bonds is 4. The molecule has 3 aromatic rings. The molecule has 0 unspecified atom stereocenters. The van der Waals surface area contributed by atoms with E-state index in [0.717, 1.165) is 54.2 Å². The first-order chi connectivity index (χ1) is 15.1. The van der Waals surface area contributed by atoms with Crippen molar-refractivity contribution in [3.05, 3.63) is 58.4 Å². The molecule has 4 heterocycles. The predicted molar refractivity (Wildman–Crippen MR) is 117 cm³/mol. The van der Waals surface area contributed by atoms with Gasteiger partial charge in [-0.15, -0.1) is 0 Å². The molecule has 2 N–H and O–H groups in total. The van der Waals surface area contributed by atoms with Crippen molar-refractivity contribution in [2.75, 3.05) is 31.1 Å². The van der Waals surface area contributed by atoms with E-state index in [1.54, 1.807) is 12.1 Å². The molecule has 1 aromatic carbocycles. The third kappa shape index (κ3) is 3.62. The van der Waals surface area contributed by atoms with Gasteiger partial charge >= 0.3 is 0 Å². The van der Waals surface area contributed by atoms with Crippen LogP contribution in [0, 0.1) is 24.2 Å². The number of fused-ring (bicyclic) bond motifs is 2. The smallest absolute Gasteiger partial charge is 0.226 e. The van der Waals surface area contributed by atoms with Gasteiger partial charge in [0, 0.05) is 43.7 Å². The molecule has 31 heavy (non-hydrogen) atoms. The average Bonchev–Trinajstić information content (AvgIpc) is 2.97. The van der Waals surface area contributed by atoms with Crippen LogP contribution in [0.2, 0.25) is 0 Å². The van der Waals surface area contributed by atoms with Crippen molar-refractivity contribution in [1.82, 2.24) is 25.2 Å². The largest absolute Gasteiger partial charge is 0.354 e. The van der Waals surface area contributed by atoms with Crippen molar-refractivity contribution >= 4 is 17.4 Å². The molecule has 2 aromatic heterocycles. The maximum absolute atomic E-state index is 12.7. The number of nitrogens with one attached hydrogen (secondary N) is 2. The fraction of sp³-hybridized carbons (Fsp3) is 0.391. The molecule has 0 bridgehead atoms. The summed E-state index contributed by atoms with van der Waals surface area (Å²) >= 11 is 0. The van der Waals surface area contributed by atoms with Crippen LogP contribution < -0.4 is 15.5 Å². The fourth-order valence-electron chi connectivity index (χ4n) is 4.35. The molecule has 0 saturated carbocycles. The molecule has 5 rings (SSSR count). The lowest BCUT2D eigenvalue weighted by Gasteiger charge is -2.41. The molecule has 0 spiro atoms. The summed E-state index contributed by atoms with van der Waals surface area (Å²) in [7, 11) is 0. The number of carbonyl (C=O) groups excluding carboxylic acids is 1. The first-order valence-corrected chi connectivity index (χ1v) is 10.7. The van der Waals surface area contributed by atoms with E-state index in [1.807, 2.05) is 29.8 Å². The maximum atomic E-state index is 12.7. The predicted octanol–water partition coefficient (Wildman–Crippen LogP) is 1.35. The van der Waals surface area contributed by atoms with Crippen molar-refractivity contribution < 1.29 is 4.79 Å². The van der Waals surface area contributed by atoms with Gasteiger partial charge in [-0.3, -0.25) is 4.79 Å². The highest BCUT2D eigenvalue weighted by Crippen LogP contribution is 2.32. The first-order valence-electron chi connectivity index (χ1n) is 10.7. The molecule has 8 nitrogen and oxygen atoms in total.